The first-order chi connectivity index (χ1) is 13.2. The molecule has 0 radical (unpaired) electrons. The summed E-state index contributed by atoms with van der Waals surface area (Å²) in [5, 5.41) is 22.1. The molecule has 0 saturated heterocycles. The smallest absolute Gasteiger partial charge is 0.220 e. The van der Waals surface area contributed by atoms with E-state index in [-0.39, 0.29) is 12.5 Å². The van der Waals surface area contributed by atoms with Gasteiger partial charge in [-0.15, -0.1) is 0 Å². The zero-order valence-electron chi connectivity index (χ0n) is 17.7. The highest BCUT2D eigenvalue weighted by atomic mass is 16.3. The summed E-state index contributed by atoms with van der Waals surface area (Å²) in [5.74, 6) is -0.114. The van der Waals surface area contributed by atoms with Crippen molar-refractivity contribution >= 4 is 5.91 Å². The van der Waals surface area contributed by atoms with E-state index in [1.54, 1.807) is 6.08 Å². The third-order valence-electron chi connectivity index (χ3n) is 4.69. The van der Waals surface area contributed by atoms with Crippen molar-refractivity contribution in [2.45, 2.75) is 109 Å². The predicted octanol–water partition coefficient (Wildman–Crippen LogP) is 5.05. The van der Waals surface area contributed by atoms with Gasteiger partial charge in [0.25, 0.3) is 0 Å². The van der Waals surface area contributed by atoms with Crippen LogP contribution in [0.2, 0.25) is 0 Å². The van der Waals surface area contributed by atoms with Crippen molar-refractivity contribution in [1.29, 1.82) is 0 Å². The fraction of sp³-hybridized carbons (Fsp3) is 0.783. The minimum Gasteiger partial charge on any atom is -0.394 e. The fourth-order valence-electron chi connectivity index (χ4n) is 2.87. The van der Waals surface area contributed by atoms with Crippen molar-refractivity contribution in [2.24, 2.45) is 0 Å². The molecular weight excluding hydrogens is 338 g/mol. The summed E-state index contributed by atoms with van der Waals surface area (Å²) in [6.45, 7) is 4.01. The molecule has 0 heterocycles. The Kier molecular flexibility index (Phi) is 18.8. The summed E-state index contributed by atoms with van der Waals surface area (Å²) in [6, 6.07) is -0.626. The third-order valence-corrected chi connectivity index (χ3v) is 4.69. The summed E-state index contributed by atoms with van der Waals surface area (Å²) in [5.41, 5.74) is 0. The van der Waals surface area contributed by atoms with E-state index in [2.05, 4.69) is 24.4 Å². The van der Waals surface area contributed by atoms with Gasteiger partial charge in [-0.25, -0.2) is 0 Å². The van der Waals surface area contributed by atoms with Gasteiger partial charge in [0, 0.05) is 6.42 Å². The van der Waals surface area contributed by atoms with Gasteiger partial charge < -0.3 is 15.5 Å². The van der Waals surface area contributed by atoms with Gasteiger partial charge in [-0.05, 0) is 32.1 Å². The van der Waals surface area contributed by atoms with Crippen molar-refractivity contribution in [1.82, 2.24) is 5.32 Å². The maximum atomic E-state index is 11.7. The normalized spacial score (nSPS) is 14.1. The Morgan fingerprint density at radius 3 is 2.11 bits per heavy atom. The molecule has 0 aromatic rings. The van der Waals surface area contributed by atoms with E-state index in [1.165, 1.54) is 44.9 Å². The van der Waals surface area contributed by atoms with Gasteiger partial charge in [0.1, 0.15) is 0 Å². The minimum atomic E-state index is -0.850. The Morgan fingerprint density at radius 1 is 0.852 bits per heavy atom. The predicted molar refractivity (Wildman–Crippen MR) is 115 cm³/mol. The number of rotatable bonds is 18. The van der Waals surface area contributed by atoms with Gasteiger partial charge in [-0.1, -0.05) is 83.1 Å². The van der Waals surface area contributed by atoms with Crippen LogP contribution in [-0.2, 0) is 4.79 Å². The SMILES string of the molecule is CCCCCCCCC/C=C/CC/C=C/C(O)C(CO)NC(=O)CCCC. The molecule has 4 heteroatoms. The van der Waals surface area contributed by atoms with Gasteiger partial charge in [-0.3, -0.25) is 4.79 Å². The molecule has 27 heavy (non-hydrogen) atoms. The van der Waals surface area contributed by atoms with Crippen molar-refractivity contribution in [3.05, 3.63) is 24.3 Å². The minimum absolute atomic E-state index is 0.114. The molecule has 0 bridgehead atoms. The molecule has 158 valence electrons. The highest BCUT2D eigenvalue weighted by Crippen LogP contribution is 2.09. The number of nitrogens with one attached hydrogen (secondary N) is 1. The van der Waals surface area contributed by atoms with Crippen molar-refractivity contribution < 1.29 is 15.0 Å². The molecule has 0 aliphatic carbocycles. The van der Waals surface area contributed by atoms with Gasteiger partial charge in [0.2, 0.25) is 5.91 Å². The Labute approximate surface area is 167 Å². The first-order valence-electron chi connectivity index (χ1n) is 11.1. The van der Waals surface area contributed by atoms with Crippen molar-refractivity contribution in [3.63, 3.8) is 0 Å². The number of carbonyl (C=O) groups is 1. The van der Waals surface area contributed by atoms with Crippen LogP contribution in [0.5, 0.6) is 0 Å². The number of aliphatic hydroxyl groups is 2. The molecule has 1 amide bonds. The van der Waals surface area contributed by atoms with Crippen LogP contribution in [0.15, 0.2) is 24.3 Å². The van der Waals surface area contributed by atoms with Gasteiger partial charge in [0.05, 0.1) is 18.8 Å². The third kappa shape index (κ3) is 16.7. The Balaban J connectivity index is 3.76. The van der Waals surface area contributed by atoms with Crippen LogP contribution in [0.25, 0.3) is 0 Å². The van der Waals surface area contributed by atoms with Crippen LogP contribution in [0.1, 0.15) is 97.3 Å². The van der Waals surface area contributed by atoms with E-state index < -0.39 is 12.1 Å². The Bertz CT molecular complexity index is 393. The van der Waals surface area contributed by atoms with E-state index in [4.69, 9.17) is 0 Å². The average Bonchev–Trinajstić information content (AvgIpc) is 2.67. The lowest BCUT2D eigenvalue weighted by molar-refractivity contribution is -0.122. The van der Waals surface area contributed by atoms with Crippen LogP contribution in [0.3, 0.4) is 0 Å². The van der Waals surface area contributed by atoms with Crippen LogP contribution in [-0.4, -0.2) is 34.9 Å². The largest absolute Gasteiger partial charge is 0.394 e. The molecule has 0 aliphatic rings. The van der Waals surface area contributed by atoms with E-state index >= 15 is 0 Å². The summed E-state index contributed by atoms with van der Waals surface area (Å²) in [7, 11) is 0. The number of aliphatic hydroxyl groups excluding tert-OH is 2. The van der Waals surface area contributed by atoms with Crippen LogP contribution >= 0.6 is 0 Å². The summed E-state index contributed by atoms with van der Waals surface area (Å²) in [4.78, 5) is 11.7. The first-order valence-corrected chi connectivity index (χ1v) is 11.1. The second kappa shape index (κ2) is 19.6. The Morgan fingerprint density at radius 2 is 1.44 bits per heavy atom. The lowest BCUT2D eigenvalue weighted by Crippen LogP contribution is -2.45. The highest BCUT2D eigenvalue weighted by Gasteiger charge is 2.17. The number of allylic oxidation sites excluding steroid dienone is 3. The average molecular weight is 382 g/mol. The standard InChI is InChI=1S/C23H43NO3/c1-3-5-7-8-9-10-11-12-13-14-15-16-17-18-22(26)21(20-25)24-23(27)19-6-4-2/h13-14,17-18,21-22,25-26H,3-12,15-16,19-20H2,1-2H3,(H,24,27)/b14-13+,18-17+. The summed E-state index contributed by atoms with van der Waals surface area (Å²) in [6.07, 6.45) is 21.7. The molecule has 0 aromatic carbocycles. The number of amides is 1. The van der Waals surface area contributed by atoms with Gasteiger partial charge in [-0.2, -0.15) is 0 Å². The summed E-state index contributed by atoms with van der Waals surface area (Å²) < 4.78 is 0. The Hall–Kier alpha value is -1.13. The molecule has 0 spiro atoms. The number of hydrogen-bond acceptors (Lipinski definition) is 3. The highest BCUT2D eigenvalue weighted by molar-refractivity contribution is 5.76. The molecular formula is C23H43NO3. The monoisotopic (exact) mass is 381 g/mol. The topological polar surface area (TPSA) is 69.6 Å². The molecule has 0 fully saturated rings. The second-order valence-electron chi connectivity index (χ2n) is 7.34. The summed E-state index contributed by atoms with van der Waals surface area (Å²) >= 11 is 0. The maximum absolute atomic E-state index is 11.7. The zero-order valence-corrected chi connectivity index (χ0v) is 17.7. The van der Waals surface area contributed by atoms with Crippen molar-refractivity contribution in [3.8, 4) is 0 Å². The van der Waals surface area contributed by atoms with Crippen LogP contribution < -0.4 is 5.32 Å². The second-order valence-corrected chi connectivity index (χ2v) is 7.34. The lowest BCUT2D eigenvalue weighted by Gasteiger charge is -2.19. The molecule has 4 nitrogen and oxygen atoms in total. The van der Waals surface area contributed by atoms with E-state index in [0.717, 1.165) is 32.1 Å². The number of unbranched alkanes of at least 4 members (excludes halogenated alkanes) is 9. The lowest BCUT2D eigenvalue weighted by atomic mass is 10.1. The number of carbonyl (C=O) groups excluding carboxylic acids is 1. The van der Waals surface area contributed by atoms with Gasteiger partial charge >= 0.3 is 0 Å². The maximum Gasteiger partial charge on any atom is 0.220 e. The first kappa shape index (κ1) is 25.9. The molecule has 0 rings (SSSR count). The molecule has 2 atom stereocenters. The van der Waals surface area contributed by atoms with Crippen LogP contribution in [0, 0.1) is 0 Å². The van der Waals surface area contributed by atoms with E-state index in [9.17, 15) is 15.0 Å². The van der Waals surface area contributed by atoms with Crippen molar-refractivity contribution in [2.75, 3.05) is 6.61 Å². The van der Waals surface area contributed by atoms with E-state index in [0.29, 0.717) is 6.42 Å². The van der Waals surface area contributed by atoms with Crippen LogP contribution in [0.4, 0.5) is 0 Å². The molecule has 0 saturated carbocycles. The molecule has 3 N–H and O–H groups in total. The molecule has 0 aliphatic heterocycles. The molecule has 2 unspecified atom stereocenters. The molecule has 0 aromatic heterocycles. The van der Waals surface area contributed by atoms with Gasteiger partial charge in [0.15, 0.2) is 0 Å². The fourth-order valence-corrected chi connectivity index (χ4v) is 2.87. The van der Waals surface area contributed by atoms with E-state index in [1.807, 2.05) is 13.0 Å². The number of hydrogen-bond donors (Lipinski definition) is 3. The quantitative estimate of drug-likeness (QED) is 0.230. The zero-order chi connectivity index (χ0) is 20.2.